The van der Waals surface area contributed by atoms with Gasteiger partial charge in [-0.05, 0) is 43.3 Å². The van der Waals surface area contributed by atoms with Crippen molar-refractivity contribution in [2.45, 2.75) is 4.21 Å². The summed E-state index contributed by atoms with van der Waals surface area (Å²) in [7, 11) is -2.34. The Bertz CT molecular complexity index is 702. The van der Waals surface area contributed by atoms with Crippen molar-refractivity contribution < 1.29 is 13.2 Å². The number of nitrogens with zero attached hydrogens (tertiary/aromatic N) is 2. The zero-order valence-electron chi connectivity index (χ0n) is 9.42. The Morgan fingerprint density at radius 3 is 2.74 bits per heavy atom. The lowest BCUT2D eigenvalue weighted by Gasteiger charge is -2.09. The number of rotatable bonds is 4. The normalized spacial score (nSPS) is 11.3. The number of sulfonamides is 1. The van der Waals surface area contributed by atoms with Crippen molar-refractivity contribution in [1.29, 1.82) is 0 Å². The first-order valence-electron chi connectivity index (χ1n) is 4.76. The fourth-order valence-corrected chi connectivity index (χ4v) is 4.82. The van der Waals surface area contributed by atoms with Gasteiger partial charge in [-0.1, -0.05) is 0 Å². The van der Waals surface area contributed by atoms with E-state index in [9.17, 15) is 8.42 Å². The van der Waals surface area contributed by atoms with Gasteiger partial charge in [0.05, 0.1) is 13.3 Å². The molecule has 0 fully saturated rings. The molecule has 6 nitrogen and oxygen atoms in total. The van der Waals surface area contributed by atoms with Gasteiger partial charge in [0.15, 0.2) is 4.21 Å². The third kappa shape index (κ3) is 3.25. The van der Waals surface area contributed by atoms with Crippen LogP contribution >= 0.6 is 43.2 Å². The summed E-state index contributed by atoms with van der Waals surface area (Å²) in [6, 6.07) is 1.66. The van der Waals surface area contributed by atoms with Gasteiger partial charge in [-0.3, -0.25) is 4.72 Å². The Morgan fingerprint density at radius 2 is 2.16 bits per heavy atom. The molecule has 0 saturated carbocycles. The van der Waals surface area contributed by atoms with Crippen LogP contribution < -0.4 is 9.46 Å². The highest BCUT2D eigenvalue weighted by molar-refractivity contribution is 9.10. The highest BCUT2D eigenvalue weighted by Gasteiger charge is 2.22. The Balaban J connectivity index is 2.39. The van der Waals surface area contributed by atoms with Crippen molar-refractivity contribution >= 4 is 59.0 Å². The smallest absolute Gasteiger partial charge is 0.273 e. The van der Waals surface area contributed by atoms with E-state index in [4.69, 9.17) is 4.74 Å². The maximum atomic E-state index is 12.2. The van der Waals surface area contributed by atoms with Crippen molar-refractivity contribution in [3.63, 3.8) is 0 Å². The summed E-state index contributed by atoms with van der Waals surface area (Å²) in [5, 5.41) is 1.67. The number of aromatic nitrogens is 2. The summed E-state index contributed by atoms with van der Waals surface area (Å²) in [6.45, 7) is 0. The molecule has 0 spiro atoms. The zero-order valence-corrected chi connectivity index (χ0v) is 14.2. The molecule has 0 atom stereocenters. The largest absolute Gasteiger partial charge is 0.478 e. The van der Waals surface area contributed by atoms with Crippen LogP contribution in [0.15, 0.2) is 30.9 Å². The predicted octanol–water partition coefficient (Wildman–Crippen LogP) is 2.87. The predicted molar refractivity (Wildman–Crippen MR) is 79.1 cm³/mol. The van der Waals surface area contributed by atoms with Crippen LogP contribution in [0.3, 0.4) is 0 Å². The maximum Gasteiger partial charge on any atom is 0.273 e. The zero-order chi connectivity index (χ0) is 14.0. The number of hydrogen-bond acceptors (Lipinski definition) is 6. The number of hydrogen-bond donors (Lipinski definition) is 1. The van der Waals surface area contributed by atoms with Crippen molar-refractivity contribution in [1.82, 2.24) is 9.97 Å². The van der Waals surface area contributed by atoms with Crippen LogP contribution in [-0.4, -0.2) is 25.5 Å². The molecule has 0 amide bonds. The monoisotopic (exact) mass is 427 g/mol. The summed E-state index contributed by atoms with van der Waals surface area (Å²) in [5.74, 6) is 0.122. The van der Waals surface area contributed by atoms with Crippen LogP contribution in [0.2, 0.25) is 0 Å². The van der Waals surface area contributed by atoms with Gasteiger partial charge >= 0.3 is 0 Å². The molecule has 0 aliphatic rings. The standard InChI is InChI=1S/C9H7Br2N3O3S2/c1-17-8-7(12-4-6(11)13-8)14-19(15,16)9-5(10)2-3-18-9/h2-4H,1H3,(H,12,14). The highest BCUT2D eigenvalue weighted by Crippen LogP contribution is 2.30. The molecule has 0 aliphatic carbocycles. The van der Waals surface area contributed by atoms with E-state index in [1.807, 2.05) is 0 Å². The average molecular weight is 429 g/mol. The van der Waals surface area contributed by atoms with E-state index in [2.05, 4.69) is 46.5 Å². The third-order valence-corrected chi connectivity index (χ3v) is 6.36. The van der Waals surface area contributed by atoms with Crippen molar-refractivity contribution in [2.24, 2.45) is 0 Å². The number of thiophene rings is 1. The minimum atomic E-state index is -3.72. The molecule has 2 rings (SSSR count). The van der Waals surface area contributed by atoms with E-state index in [1.54, 1.807) is 11.4 Å². The van der Waals surface area contributed by atoms with Crippen LogP contribution in [0.5, 0.6) is 5.88 Å². The molecular formula is C9H7Br2N3O3S2. The molecule has 0 aromatic carbocycles. The van der Waals surface area contributed by atoms with Gasteiger partial charge in [0.2, 0.25) is 5.82 Å². The van der Waals surface area contributed by atoms with Gasteiger partial charge in [-0.25, -0.2) is 18.4 Å². The fraction of sp³-hybridized carbons (Fsp3) is 0.111. The van der Waals surface area contributed by atoms with Gasteiger partial charge < -0.3 is 4.74 Å². The first-order valence-corrected chi connectivity index (χ1v) is 8.71. The Labute approximate surface area is 130 Å². The van der Waals surface area contributed by atoms with Crippen molar-refractivity contribution in [3.05, 3.63) is 26.7 Å². The van der Waals surface area contributed by atoms with Crippen molar-refractivity contribution in [2.75, 3.05) is 11.8 Å². The second-order valence-electron chi connectivity index (χ2n) is 3.21. The Morgan fingerprint density at radius 1 is 1.42 bits per heavy atom. The van der Waals surface area contributed by atoms with Crippen LogP contribution in [0.4, 0.5) is 5.82 Å². The van der Waals surface area contributed by atoms with E-state index < -0.39 is 10.0 Å². The lowest BCUT2D eigenvalue weighted by Crippen LogP contribution is -2.14. The number of methoxy groups -OCH3 is 1. The summed E-state index contributed by atoms with van der Waals surface area (Å²) in [5.41, 5.74) is 0. The Kier molecular flexibility index (Phi) is 4.43. The van der Waals surface area contributed by atoms with E-state index in [-0.39, 0.29) is 15.9 Å². The second-order valence-corrected chi connectivity index (χ2v) is 7.67. The molecule has 1 N–H and O–H groups in total. The van der Waals surface area contributed by atoms with Gasteiger partial charge in [0.25, 0.3) is 15.9 Å². The molecule has 2 heterocycles. The molecule has 0 saturated heterocycles. The highest BCUT2D eigenvalue weighted by atomic mass is 79.9. The van der Waals surface area contributed by atoms with Gasteiger partial charge in [0.1, 0.15) is 4.60 Å². The van der Waals surface area contributed by atoms with E-state index >= 15 is 0 Å². The van der Waals surface area contributed by atoms with Gasteiger partial charge in [-0.15, -0.1) is 11.3 Å². The quantitative estimate of drug-likeness (QED) is 0.809. The lowest BCUT2D eigenvalue weighted by molar-refractivity contribution is 0.397. The molecule has 19 heavy (non-hydrogen) atoms. The minimum absolute atomic E-state index is 0.0333. The van der Waals surface area contributed by atoms with Crippen LogP contribution in [0.25, 0.3) is 0 Å². The molecule has 2 aromatic rings. The summed E-state index contributed by atoms with van der Waals surface area (Å²) < 4.78 is 32.8. The van der Waals surface area contributed by atoms with E-state index in [1.165, 1.54) is 13.3 Å². The average Bonchev–Trinajstić information content (AvgIpc) is 2.78. The van der Waals surface area contributed by atoms with Crippen molar-refractivity contribution in [3.8, 4) is 5.88 Å². The fourth-order valence-electron chi connectivity index (χ4n) is 1.21. The Hall–Kier alpha value is -0.710. The molecular weight excluding hydrogens is 422 g/mol. The molecule has 0 unspecified atom stereocenters. The minimum Gasteiger partial charge on any atom is -0.478 e. The number of ether oxygens (including phenoxy) is 1. The van der Waals surface area contributed by atoms with E-state index in [0.717, 1.165) is 11.3 Å². The molecule has 0 bridgehead atoms. The second kappa shape index (κ2) is 5.73. The molecule has 2 aromatic heterocycles. The summed E-state index contributed by atoms with van der Waals surface area (Å²) in [6.07, 6.45) is 1.38. The lowest BCUT2D eigenvalue weighted by atomic mass is 10.6. The molecule has 10 heteroatoms. The van der Waals surface area contributed by atoms with Crippen LogP contribution in [-0.2, 0) is 10.0 Å². The molecule has 102 valence electrons. The van der Waals surface area contributed by atoms with Crippen LogP contribution in [0, 0.1) is 0 Å². The van der Waals surface area contributed by atoms with E-state index in [0.29, 0.717) is 9.08 Å². The number of anilines is 1. The first-order chi connectivity index (χ1) is 8.94. The van der Waals surface area contributed by atoms with Gasteiger partial charge in [-0.2, -0.15) is 0 Å². The molecule has 0 aliphatic heterocycles. The summed E-state index contributed by atoms with van der Waals surface area (Å²) in [4.78, 5) is 7.91. The number of halogens is 2. The SMILES string of the molecule is COc1nc(Br)cnc1NS(=O)(=O)c1sccc1Br. The molecule has 0 radical (unpaired) electrons. The third-order valence-electron chi connectivity index (χ3n) is 1.96. The first kappa shape index (κ1) is 14.7. The maximum absolute atomic E-state index is 12.2. The van der Waals surface area contributed by atoms with Gasteiger partial charge in [0, 0.05) is 4.47 Å². The number of nitrogens with one attached hydrogen (secondary N) is 1. The summed E-state index contributed by atoms with van der Waals surface area (Å²) >= 11 is 7.41. The van der Waals surface area contributed by atoms with Crippen LogP contribution in [0.1, 0.15) is 0 Å². The topological polar surface area (TPSA) is 81.2 Å².